The van der Waals surface area contributed by atoms with Gasteiger partial charge in [0.1, 0.15) is 12.1 Å². The molecule has 4 nitrogen and oxygen atoms in total. The Morgan fingerprint density at radius 1 is 1.00 bits per heavy atom. The first-order valence-corrected chi connectivity index (χ1v) is 9.74. The highest BCUT2D eigenvalue weighted by molar-refractivity contribution is 5.76. The number of benzene rings is 3. The summed E-state index contributed by atoms with van der Waals surface area (Å²) in [6.07, 6.45) is 1.39. The molecular formula is C25H21FN2O2. The molecule has 3 aromatic carbocycles. The first kappa shape index (κ1) is 19.7. The van der Waals surface area contributed by atoms with Crippen molar-refractivity contribution in [1.29, 1.82) is 0 Å². The van der Waals surface area contributed by atoms with Crippen LogP contribution in [-0.2, 0) is 6.42 Å². The Bertz CT molecular complexity index is 1180. The minimum atomic E-state index is -0.304. The van der Waals surface area contributed by atoms with Gasteiger partial charge in [-0.25, -0.2) is 4.39 Å². The second kappa shape index (κ2) is 8.41. The number of aromatic nitrogens is 2. The lowest BCUT2D eigenvalue weighted by molar-refractivity contribution is 0.112. The van der Waals surface area contributed by atoms with Crippen molar-refractivity contribution in [1.82, 2.24) is 10.1 Å². The average molecular weight is 400 g/mol. The monoisotopic (exact) mass is 400 g/mol. The molecular weight excluding hydrogens is 379 g/mol. The molecule has 0 fully saturated rings. The van der Waals surface area contributed by atoms with E-state index in [2.05, 4.69) is 42.2 Å². The molecule has 0 radical (unpaired) electrons. The maximum atomic E-state index is 13.9. The quantitative estimate of drug-likeness (QED) is 0.391. The van der Waals surface area contributed by atoms with Crippen LogP contribution in [0.3, 0.4) is 0 Å². The van der Waals surface area contributed by atoms with Gasteiger partial charge in [-0.1, -0.05) is 59.8 Å². The third-order valence-corrected chi connectivity index (χ3v) is 5.31. The average Bonchev–Trinajstić information content (AvgIpc) is 3.24. The van der Waals surface area contributed by atoms with Gasteiger partial charge in [0.2, 0.25) is 11.7 Å². The Hall–Kier alpha value is -3.60. The van der Waals surface area contributed by atoms with Crippen molar-refractivity contribution in [2.24, 2.45) is 0 Å². The van der Waals surface area contributed by atoms with Gasteiger partial charge in [-0.15, -0.1) is 0 Å². The molecule has 0 spiro atoms. The molecule has 1 atom stereocenters. The highest BCUT2D eigenvalue weighted by Gasteiger charge is 2.23. The molecule has 1 aromatic heterocycles. The molecule has 4 rings (SSSR count). The number of aldehydes is 1. The van der Waals surface area contributed by atoms with E-state index in [0.29, 0.717) is 23.7 Å². The van der Waals surface area contributed by atoms with E-state index in [1.54, 1.807) is 30.3 Å². The Morgan fingerprint density at radius 2 is 1.80 bits per heavy atom. The van der Waals surface area contributed by atoms with Crippen LogP contribution in [0.15, 0.2) is 71.3 Å². The molecule has 1 unspecified atom stereocenters. The molecule has 5 heteroatoms. The van der Waals surface area contributed by atoms with Crippen LogP contribution in [0.1, 0.15) is 44.4 Å². The molecule has 0 amide bonds. The van der Waals surface area contributed by atoms with Crippen molar-refractivity contribution in [3.63, 3.8) is 0 Å². The topological polar surface area (TPSA) is 56.0 Å². The minimum absolute atomic E-state index is 0.279. The lowest BCUT2D eigenvalue weighted by Crippen LogP contribution is -2.06. The summed E-state index contributed by atoms with van der Waals surface area (Å²) in [7, 11) is 0. The van der Waals surface area contributed by atoms with Crippen molar-refractivity contribution < 1.29 is 13.7 Å². The number of aryl methyl sites for hydroxylation is 2. The van der Waals surface area contributed by atoms with Crippen LogP contribution in [-0.4, -0.2) is 16.4 Å². The largest absolute Gasteiger partial charge is 0.338 e. The van der Waals surface area contributed by atoms with E-state index in [1.165, 1.54) is 23.3 Å². The Morgan fingerprint density at radius 3 is 2.50 bits per heavy atom. The van der Waals surface area contributed by atoms with Crippen LogP contribution < -0.4 is 0 Å². The second-order valence-electron chi connectivity index (χ2n) is 7.43. The van der Waals surface area contributed by atoms with Gasteiger partial charge in [0.05, 0.1) is 5.92 Å². The highest BCUT2D eigenvalue weighted by atomic mass is 19.1. The fourth-order valence-corrected chi connectivity index (χ4v) is 3.44. The number of rotatable bonds is 6. The SMILES string of the molecule is Cc1ccc(CC(c2cccc(F)c2)c2nc(-c3ccc(C=O)cc3)no2)cc1C. The summed E-state index contributed by atoms with van der Waals surface area (Å²) in [6.45, 7) is 4.15. The Balaban J connectivity index is 1.71. The third kappa shape index (κ3) is 4.20. The standard InChI is InChI=1S/C25H21FN2O2/c1-16-6-7-19(12-17(16)2)13-23(21-4-3-5-22(26)14-21)25-27-24(28-30-25)20-10-8-18(15-29)9-11-20/h3-12,14-15,23H,13H2,1-2H3. The number of nitrogens with zero attached hydrogens (tertiary/aromatic N) is 2. The summed E-state index contributed by atoms with van der Waals surface area (Å²) in [5.74, 6) is 0.275. The first-order chi connectivity index (χ1) is 14.5. The van der Waals surface area contributed by atoms with E-state index in [0.717, 1.165) is 23.0 Å². The number of carbonyl (C=O) groups is 1. The predicted molar refractivity (Wildman–Crippen MR) is 113 cm³/mol. The number of hydrogen-bond donors (Lipinski definition) is 0. The summed E-state index contributed by atoms with van der Waals surface area (Å²) in [4.78, 5) is 15.5. The van der Waals surface area contributed by atoms with Gasteiger partial charge in [0, 0.05) is 11.1 Å². The molecule has 0 saturated heterocycles. The van der Waals surface area contributed by atoms with Crippen LogP contribution in [0.25, 0.3) is 11.4 Å². The molecule has 0 aliphatic heterocycles. The van der Waals surface area contributed by atoms with E-state index >= 15 is 0 Å². The first-order valence-electron chi connectivity index (χ1n) is 9.74. The van der Waals surface area contributed by atoms with Crippen molar-refractivity contribution in [3.05, 3.63) is 106 Å². The highest BCUT2D eigenvalue weighted by Crippen LogP contribution is 2.30. The minimum Gasteiger partial charge on any atom is -0.338 e. The summed E-state index contributed by atoms with van der Waals surface area (Å²) in [5.41, 5.74) is 5.64. The zero-order valence-electron chi connectivity index (χ0n) is 16.8. The zero-order valence-corrected chi connectivity index (χ0v) is 16.8. The molecule has 30 heavy (non-hydrogen) atoms. The van der Waals surface area contributed by atoms with Gasteiger partial charge in [-0.3, -0.25) is 4.79 Å². The zero-order chi connectivity index (χ0) is 21.1. The molecule has 0 aliphatic carbocycles. The van der Waals surface area contributed by atoms with Gasteiger partial charge >= 0.3 is 0 Å². The summed E-state index contributed by atoms with van der Waals surface area (Å²) < 4.78 is 19.6. The molecule has 1 heterocycles. The van der Waals surface area contributed by atoms with Gasteiger partial charge in [-0.05, 0) is 54.7 Å². The maximum absolute atomic E-state index is 13.9. The molecule has 0 saturated carbocycles. The smallest absolute Gasteiger partial charge is 0.234 e. The lowest BCUT2D eigenvalue weighted by atomic mass is 9.90. The molecule has 0 bridgehead atoms. The normalized spacial score (nSPS) is 12.0. The number of hydrogen-bond acceptors (Lipinski definition) is 4. The Labute approximate surface area is 174 Å². The molecule has 150 valence electrons. The molecule has 0 aliphatic rings. The van der Waals surface area contributed by atoms with E-state index in [1.807, 2.05) is 6.07 Å². The van der Waals surface area contributed by atoms with E-state index in [9.17, 15) is 9.18 Å². The second-order valence-corrected chi connectivity index (χ2v) is 7.43. The van der Waals surface area contributed by atoms with E-state index < -0.39 is 0 Å². The maximum Gasteiger partial charge on any atom is 0.234 e. The summed E-state index contributed by atoms with van der Waals surface area (Å²) in [6, 6.07) is 19.7. The number of halogens is 1. The van der Waals surface area contributed by atoms with Crippen LogP contribution in [0.2, 0.25) is 0 Å². The lowest BCUT2D eigenvalue weighted by Gasteiger charge is -2.14. The number of carbonyl (C=O) groups excluding carboxylic acids is 1. The predicted octanol–water partition coefficient (Wildman–Crippen LogP) is 5.68. The van der Waals surface area contributed by atoms with Crippen molar-refractivity contribution in [2.45, 2.75) is 26.2 Å². The fraction of sp³-hybridized carbons (Fsp3) is 0.160. The van der Waals surface area contributed by atoms with Gasteiger partial charge in [0.15, 0.2) is 0 Å². The van der Waals surface area contributed by atoms with E-state index in [4.69, 9.17) is 4.52 Å². The van der Waals surface area contributed by atoms with Crippen LogP contribution in [0.5, 0.6) is 0 Å². The van der Waals surface area contributed by atoms with E-state index in [-0.39, 0.29) is 11.7 Å². The van der Waals surface area contributed by atoms with Crippen LogP contribution >= 0.6 is 0 Å². The van der Waals surface area contributed by atoms with Crippen molar-refractivity contribution >= 4 is 6.29 Å². The van der Waals surface area contributed by atoms with Crippen molar-refractivity contribution in [2.75, 3.05) is 0 Å². The summed E-state index contributed by atoms with van der Waals surface area (Å²) in [5, 5.41) is 4.12. The molecule has 4 aromatic rings. The van der Waals surface area contributed by atoms with Crippen LogP contribution in [0.4, 0.5) is 4.39 Å². The van der Waals surface area contributed by atoms with Gasteiger partial charge < -0.3 is 4.52 Å². The third-order valence-electron chi connectivity index (χ3n) is 5.31. The summed E-state index contributed by atoms with van der Waals surface area (Å²) >= 11 is 0. The van der Waals surface area contributed by atoms with Gasteiger partial charge in [0.25, 0.3) is 0 Å². The molecule has 0 N–H and O–H groups in total. The Kier molecular flexibility index (Phi) is 5.53. The van der Waals surface area contributed by atoms with Crippen molar-refractivity contribution in [3.8, 4) is 11.4 Å². The van der Waals surface area contributed by atoms with Crippen LogP contribution in [0, 0.1) is 19.7 Å². The van der Waals surface area contributed by atoms with Gasteiger partial charge in [-0.2, -0.15) is 4.98 Å². The fourth-order valence-electron chi connectivity index (χ4n) is 3.44.